The smallest absolute Gasteiger partial charge is 0.339 e. The van der Waals surface area contributed by atoms with Gasteiger partial charge in [0.15, 0.2) is 0 Å². The molecule has 1 aromatic heterocycles. The van der Waals surface area contributed by atoms with Gasteiger partial charge in [0, 0.05) is 11.1 Å². The summed E-state index contributed by atoms with van der Waals surface area (Å²) in [7, 11) is 0. The van der Waals surface area contributed by atoms with Crippen LogP contribution in [0.4, 0.5) is 0 Å². The lowest BCUT2D eigenvalue weighted by molar-refractivity contribution is 0.0475. The lowest BCUT2D eigenvalue weighted by Crippen LogP contribution is -2.07. The Labute approximate surface area is 129 Å². The third-order valence-electron chi connectivity index (χ3n) is 3.52. The third kappa shape index (κ3) is 2.98. The minimum atomic E-state index is -0.316. The summed E-state index contributed by atoms with van der Waals surface area (Å²) < 4.78 is 5.47. The number of hydrogen-bond donors (Lipinski definition) is 0. The summed E-state index contributed by atoms with van der Waals surface area (Å²) in [5.74, 6) is -0.316. The predicted molar refractivity (Wildman–Crippen MR) is 86.8 cm³/mol. The van der Waals surface area contributed by atoms with E-state index in [-0.39, 0.29) is 12.6 Å². The van der Waals surface area contributed by atoms with Crippen LogP contribution in [0.5, 0.6) is 0 Å². The highest BCUT2D eigenvalue weighted by Gasteiger charge is 2.13. The molecule has 3 rings (SSSR count). The van der Waals surface area contributed by atoms with Crippen LogP contribution in [-0.2, 0) is 11.3 Å². The molecule has 0 radical (unpaired) electrons. The lowest BCUT2D eigenvalue weighted by atomic mass is 10.1. The molecule has 3 nitrogen and oxygen atoms in total. The van der Waals surface area contributed by atoms with Crippen LogP contribution in [0.3, 0.4) is 0 Å². The highest BCUT2D eigenvalue weighted by Crippen LogP contribution is 2.19. The topological polar surface area (TPSA) is 39.2 Å². The summed E-state index contributed by atoms with van der Waals surface area (Å²) in [4.78, 5) is 16.9. The molecule has 3 aromatic rings. The maximum absolute atomic E-state index is 12.4. The number of carbonyl (C=O) groups is 1. The summed E-state index contributed by atoms with van der Waals surface area (Å²) in [5, 5.41) is 0.822. The van der Waals surface area contributed by atoms with Crippen molar-refractivity contribution in [3.8, 4) is 0 Å². The second kappa shape index (κ2) is 5.98. The van der Waals surface area contributed by atoms with E-state index in [2.05, 4.69) is 4.98 Å². The van der Waals surface area contributed by atoms with Crippen molar-refractivity contribution in [3.63, 3.8) is 0 Å². The number of para-hydroxylation sites is 1. The fourth-order valence-electron chi connectivity index (χ4n) is 2.51. The number of pyridine rings is 1. The minimum absolute atomic E-state index is 0.274. The van der Waals surface area contributed by atoms with Gasteiger partial charge in [-0.15, -0.1) is 0 Å². The van der Waals surface area contributed by atoms with Crippen molar-refractivity contribution >= 4 is 16.9 Å². The van der Waals surface area contributed by atoms with Crippen molar-refractivity contribution in [1.82, 2.24) is 4.98 Å². The van der Waals surface area contributed by atoms with Gasteiger partial charge < -0.3 is 4.74 Å². The van der Waals surface area contributed by atoms with E-state index in [1.165, 1.54) is 0 Å². The Morgan fingerprint density at radius 2 is 1.86 bits per heavy atom. The second-order valence-corrected chi connectivity index (χ2v) is 5.39. The van der Waals surface area contributed by atoms with Gasteiger partial charge in [-0.2, -0.15) is 0 Å². The van der Waals surface area contributed by atoms with Crippen LogP contribution in [0.2, 0.25) is 0 Å². The normalized spacial score (nSPS) is 10.6. The largest absolute Gasteiger partial charge is 0.457 e. The number of nitrogens with zero attached hydrogens (tertiary/aromatic N) is 1. The first kappa shape index (κ1) is 14.3. The molecule has 2 aromatic carbocycles. The zero-order valence-corrected chi connectivity index (χ0v) is 12.7. The van der Waals surface area contributed by atoms with E-state index in [0.717, 1.165) is 27.7 Å². The molecule has 0 saturated heterocycles. The van der Waals surface area contributed by atoms with E-state index in [9.17, 15) is 4.79 Å². The van der Waals surface area contributed by atoms with Crippen LogP contribution in [0, 0.1) is 13.8 Å². The van der Waals surface area contributed by atoms with Gasteiger partial charge in [-0.1, -0.05) is 48.0 Å². The third-order valence-corrected chi connectivity index (χ3v) is 3.52. The molecule has 0 N–H and O–H groups in total. The first-order chi connectivity index (χ1) is 10.6. The van der Waals surface area contributed by atoms with Crippen molar-refractivity contribution in [2.24, 2.45) is 0 Å². The van der Waals surface area contributed by atoms with Crippen LogP contribution in [-0.4, -0.2) is 11.0 Å². The summed E-state index contributed by atoms with van der Waals surface area (Å²) >= 11 is 0. The lowest BCUT2D eigenvalue weighted by Gasteiger charge is -2.09. The molecule has 0 aliphatic carbocycles. The number of esters is 1. The van der Waals surface area contributed by atoms with Crippen molar-refractivity contribution in [3.05, 3.63) is 77.0 Å². The van der Waals surface area contributed by atoms with Crippen LogP contribution < -0.4 is 0 Å². The zero-order valence-electron chi connectivity index (χ0n) is 12.7. The molecule has 0 atom stereocenters. The van der Waals surface area contributed by atoms with Gasteiger partial charge in [0.05, 0.1) is 11.1 Å². The van der Waals surface area contributed by atoms with E-state index in [1.54, 1.807) is 6.07 Å². The number of aryl methyl sites for hydroxylation is 2. The molecule has 0 aliphatic rings. The maximum Gasteiger partial charge on any atom is 0.339 e. The summed E-state index contributed by atoms with van der Waals surface area (Å²) in [6, 6.07) is 17.3. The Morgan fingerprint density at radius 1 is 1.05 bits per heavy atom. The standard InChI is InChI=1S/C19H17NO2/c1-13-6-5-7-15(10-13)12-22-19(21)17-11-14(2)20-18-9-4-3-8-16(17)18/h3-11H,12H2,1-2H3. The molecule has 0 saturated carbocycles. The van der Waals surface area contributed by atoms with Gasteiger partial charge in [0.1, 0.15) is 6.61 Å². The van der Waals surface area contributed by atoms with E-state index in [0.29, 0.717) is 5.56 Å². The molecule has 110 valence electrons. The van der Waals surface area contributed by atoms with Gasteiger partial charge >= 0.3 is 5.97 Å². The van der Waals surface area contributed by atoms with Crippen molar-refractivity contribution in [1.29, 1.82) is 0 Å². The van der Waals surface area contributed by atoms with Gasteiger partial charge in [-0.3, -0.25) is 4.98 Å². The minimum Gasteiger partial charge on any atom is -0.457 e. The average Bonchev–Trinajstić information content (AvgIpc) is 2.52. The first-order valence-electron chi connectivity index (χ1n) is 7.22. The van der Waals surface area contributed by atoms with Crippen LogP contribution >= 0.6 is 0 Å². The summed E-state index contributed by atoms with van der Waals surface area (Å²) in [6.45, 7) is 4.17. The molecule has 3 heteroatoms. The molecular weight excluding hydrogens is 274 g/mol. The van der Waals surface area contributed by atoms with Crippen LogP contribution in [0.25, 0.3) is 10.9 Å². The summed E-state index contributed by atoms with van der Waals surface area (Å²) in [6.07, 6.45) is 0. The van der Waals surface area contributed by atoms with Gasteiger partial charge in [0.2, 0.25) is 0 Å². The van der Waals surface area contributed by atoms with Crippen molar-refractivity contribution in [2.75, 3.05) is 0 Å². The quantitative estimate of drug-likeness (QED) is 0.679. The SMILES string of the molecule is Cc1cccc(COC(=O)c2cc(C)nc3ccccc23)c1. The van der Waals surface area contributed by atoms with Gasteiger partial charge in [-0.05, 0) is 31.5 Å². The van der Waals surface area contributed by atoms with E-state index >= 15 is 0 Å². The highest BCUT2D eigenvalue weighted by atomic mass is 16.5. The fraction of sp³-hybridized carbons (Fsp3) is 0.158. The van der Waals surface area contributed by atoms with Gasteiger partial charge in [0.25, 0.3) is 0 Å². The Kier molecular flexibility index (Phi) is 3.88. The Hall–Kier alpha value is -2.68. The average molecular weight is 291 g/mol. The summed E-state index contributed by atoms with van der Waals surface area (Å²) in [5.41, 5.74) is 4.32. The Bertz CT molecular complexity index is 840. The molecule has 0 spiro atoms. The highest BCUT2D eigenvalue weighted by molar-refractivity contribution is 6.03. The monoisotopic (exact) mass is 291 g/mol. The molecule has 22 heavy (non-hydrogen) atoms. The Balaban J connectivity index is 1.86. The molecule has 0 unspecified atom stereocenters. The number of carbonyl (C=O) groups excluding carboxylic acids is 1. The fourth-order valence-corrected chi connectivity index (χ4v) is 2.51. The molecule has 1 heterocycles. The number of fused-ring (bicyclic) bond motifs is 1. The number of benzene rings is 2. The van der Waals surface area contributed by atoms with E-state index in [4.69, 9.17) is 4.74 Å². The van der Waals surface area contributed by atoms with Crippen LogP contribution in [0.1, 0.15) is 27.2 Å². The van der Waals surface area contributed by atoms with Crippen molar-refractivity contribution < 1.29 is 9.53 Å². The number of rotatable bonds is 3. The number of aromatic nitrogens is 1. The first-order valence-corrected chi connectivity index (χ1v) is 7.22. The van der Waals surface area contributed by atoms with Crippen LogP contribution in [0.15, 0.2) is 54.6 Å². The Morgan fingerprint density at radius 3 is 2.68 bits per heavy atom. The number of ether oxygens (including phenoxy) is 1. The molecule has 0 aliphatic heterocycles. The zero-order chi connectivity index (χ0) is 15.5. The van der Waals surface area contributed by atoms with Gasteiger partial charge in [-0.25, -0.2) is 4.79 Å². The molecule has 0 amide bonds. The van der Waals surface area contributed by atoms with Crippen molar-refractivity contribution in [2.45, 2.75) is 20.5 Å². The molecular formula is C19H17NO2. The molecule has 0 bridgehead atoms. The van der Waals surface area contributed by atoms with E-state index in [1.807, 2.05) is 62.4 Å². The second-order valence-electron chi connectivity index (χ2n) is 5.39. The number of hydrogen-bond acceptors (Lipinski definition) is 3. The van der Waals surface area contributed by atoms with E-state index < -0.39 is 0 Å². The maximum atomic E-state index is 12.4. The predicted octanol–water partition coefficient (Wildman–Crippen LogP) is 4.21. The molecule has 0 fully saturated rings.